The molecule has 1 aromatic heterocycles. The number of hydrogen-bond donors (Lipinski definition) is 0. The van der Waals surface area contributed by atoms with Crippen LogP contribution >= 0.6 is 0 Å². The Morgan fingerprint density at radius 3 is 2.43 bits per heavy atom. The topological polar surface area (TPSA) is 58.6 Å². The van der Waals surface area contributed by atoms with E-state index in [0.717, 1.165) is 31.0 Å². The Morgan fingerprint density at radius 2 is 1.70 bits per heavy atom. The van der Waals surface area contributed by atoms with Crippen LogP contribution in [0.5, 0.6) is 5.88 Å². The maximum absolute atomic E-state index is 13.4. The fourth-order valence-electron chi connectivity index (χ4n) is 4.88. The average Bonchev–Trinajstić information content (AvgIpc) is 3.38. The third-order valence-corrected chi connectivity index (χ3v) is 6.25. The van der Waals surface area contributed by atoms with Crippen LogP contribution in [0.15, 0.2) is 73.1 Å². The molecule has 3 aromatic rings. The van der Waals surface area contributed by atoms with E-state index in [0.29, 0.717) is 17.7 Å². The molecule has 152 valence electrons. The fraction of sp³-hybridized carbons (Fsp3) is 0.292. The molecule has 30 heavy (non-hydrogen) atoms. The van der Waals surface area contributed by atoms with Gasteiger partial charge in [-0.1, -0.05) is 48.5 Å². The molecule has 5 rings (SSSR count). The molecule has 0 spiro atoms. The highest BCUT2D eigenvalue weighted by molar-refractivity contribution is 5.94. The van der Waals surface area contributed by atoms with Gasteiger partial charge in [0.25, 0.3) is 5.91 Å². The molecular weight excluding hydrogens is 376 g/mol. The second kappa shape index (κ2) is 7.78. The molecule has 0 saturated carbocycles. The fourth-order valence-corrected chi connectivity index (χ4v) is 4.88. The van der Waals surface area contributed by atoms with Crippen LogP contribution in [0.25, 0.3) is 0 Å². The number of benzene rings is 2. The van der Waals surface area contributed by atoms with E-state index in [-0.39, 0.29) is 11.9 Å². The van der Waals surface area contributed by atoms with E-state index in [1.165, 1.54) is 5.56 Å². The molecule has 2 aromatic carbocycles. The van der Waals surface area contributed by atoms with Crippen LogP contribution in [0.2, 0.25) is 0 Å². The van der Waals surface area contributed by atoms with Crippen LogP contribution in [0, 0.1) is 11.8 Å². The minimum absolute atomic E-state index is 0.0534. The number of rotatable bonds is 4. The molecule has 2 aliphatic rings. The van der Waals surface area contributed by atoms with Crippen molar-refractivity contribution in [3.8, 4) is 5.88 Å². The highest BCUT2D eigenvalue weighted by atomic mass is 16.5. The smallest absolute Gasteiger partial charge is 0.254 e. The van der Waals surface area contributed by atoms with E-state index >= 15 is 0 Å². The zero-order valence-electron chi connectivity index (χ0n) is 16.9. The van der Waals surface area contributed by atoms with Crippen molar-refractivity contribution in [3.63, 3.8) is 0 Å². The summed E-state index contributed by atoms with van der Waals surface area (Å²) in [5.41, 5.74) is 1.94. The molecule has 3 heterocycles. The SMILES string of the molecule is COc1cc(N2C[C@H]3CN(C(=O)c4ccccc4)[C@H](c4ccccc4)[C@H]3C2)ncn1. The second-order valence-electron chi connectivity index (χ2n) is 7.93. The van der Waals surface area contributed by atoms with Crippen LogP contribution in [0.4, 0.5) is 5.82 Å². The molecule has 1 amide bonds. The number of amides is 1. The van der Waals surface area contributed by atoms with Gasteiger partial charge in [-0.2, -0.15) is 0 Å². The number of ether oxygens (including phenoxy) is 1. The first kappa shape index (κ1) is 18.6. The Labute approximate surface area is 176 Å². The van der Waals surface area contributed by atoms with Crippen LogP contribution in [-0.4, -0.2) is 47.5 Å². The highest BCUT2D eigenvalue weighted by Gasteiger charge is 2.49. The van der Waals surface area contributed by atoms with Gasteiger partial charge in [0.2, 0.25) is 5.88 Å². The Morgan fingerprint density at radius 1 is 0.967 bits per heavy atom. The van der Waals surface area contributed by atoms with Gasteiger partial charge in [-0.05, 0) is 17.7 Å². The van der Waals surface area contributed by atoms with Gasteiger partial charge in [0.1, 0.15) is 12.1 Å². The van der Waals surface area contributed by atoms with Crippen LogP contribution < -0.4 is 9.64 Å². The van der Waals surface area contributed by atoms with Crippen LogP contribution in [0.1, 0.15) is 22.0 Å². The van der Waals surface area contributed by atoms with Gasteiger partial charge >= 0.3 is 0 Å². The predicted molar refractivity (Wildman–Crippen MR) is 114 cm³/mol. The first-order valence-corrected chi connectivity index (χ1v) is 10.3. The number of methoxy groups -OCH3 is 1. The minimum atomic E-state index is 0.0534. The molecule has 0 N–H and O–H groups in total. The number of nitrogens with zero attached hydrogens (tertiary/aromatic N) is 4. The summed E-state index contributed by atoms with van der Waals surface area (Å²) >= 11 is 0. The van der Waals surface area contributed by atoms with E-state index in [1.807, 2.05) is 42.5 Å². The Hall–Kier alpha value is -3.41. The zero-order valence-corrected chi connectivity index (χ0v) is 16.9. The van der Waals surface area contributed by atoms with Gasteiger partial charge < -0.3 is 14.5 Å². The molecule has 0 radical (unpaired) electrons. The Bertz CT molecular complexity index is 1030. The Kier molecular flexibility index (Phi) is 4.83. The quantitative estimate of drug-likeness (QED) is 0.672. The van der Waals surface area contributed by atoms with Crippen molar-refractivity contribution in [3.05, 3.63) is 84.2 Å². The minimum Gasteiger partial charge on any atom is -0.481 e. The first-order valence-electron chi connectivity index (χ1n) is 10.3. The molecule has 0 bridgehead atoms. The lowest BCUT2D eigenvalue weighted by atomic mass is 9.89. The number of aromatic nitrogens is 2. The summed E-state index contributed by atoms with van der Waals surface area (Å²) < 4.78 is 5.27. The summed E-state index contributed by atoms with van der Waals surface area (Å²) in [6.07, 6.45) is 1.54. The highest BCUT2D eigenvalue weighted by Crippen LogP contribution is 2.46. The van der Waals surface area contributed by atoms with E-state index in [9.17, 15) is 4.79 Å². The Balaban J connectivity index is 1.45. The molecule has 3 atom stereocenters. The third kappa shape index (κ3) is 3.28. The molecule has 2 fully saturated rings. The molecule has 6 nitrogen and oxygen atoms in total. The summed E-state index contributed by atoms with van der Waals surface area (Å²) in [5.74, 6) is 2.29. The maximum atomic E-state index is 13.4. The predicted octanol–water partition coefficient (Wildman–Crippen LogP) is 3.43. The van der Waals surface area contributed by atoms with E-state index in [1.54, 1.807) is 13.4 Å². The van der Waals surface area contributed by atoms with Gasteiger partial charge in [0, 0.05) is 43.1 Å². The number of fused-ring (bicyclic) bond motifs is 1. The van der Waals surface area contributed by atoms with Crippen molar-refractivity contribution in [2.24, 2.45) is 11.8 Å². The number of hydrogen-bond acceptors (Lipinski definition) is 5. The van der Waals surface area contributed by atoms with Crippen molar-refractivity contribution in [2.75, 3.05) is 31.6 Å². The number of anilines is 1. The summed E-state index contributed by atoms with van der Waals surface area (Å²) in [4.78, 5) is 26.3. The largest absolute Gasteiger partial charge is 0.481 e. The molecule has 0 unspecified atom stereocenters. The summed E-state index contributed by atoms with van der Waals surface area (Å²) in [6.45, 7) is 2.46. The lowest BCUT2D eigenvalue weighted by Gasteiger charge is -2.30. The third-order valence-electron chi connectivity index (χ3n) is 6.25. The van der Waals surface area contributed by atoms with Crippen molar-refractivity contribution in [1.82, 2.24) is 14.9 Å². The van der Waals surface area contributed by atoms with E-state index in [2.05, 4.69) is 44.0 Å². The van der Waals surface area contributed by atoms with Gasteiger partial charge in [-0.3, -0.25) is 4.79 Å². The number of carbonyl (C=O) groups excluding carboxylic acids is 1. The van der Waals surface area contributed by atoms with Crippen molar-refractivity contribution >= 4 is 11.7 Å². The van der Waals surface area contributed by atoms with Crippen molar-refractivity contribution < 1.29 is 9.53 Å². The van der Waals surface area contributed by atoms with E-state index in [4.69, 9.17) is 4.74 Å². The lowest BCUT2D eigenvalue weighted by molar-refractivity contribution is 0.0715. The van der Waals surface area contributed by atoms with Gasteiger partial charge in [-0.15, -0.1) is 0 Å². The maximum Gasteiger partial charge on any atom is 0.254 e. The van der Waals surface area contributed by atoms with Crippen molar-refractivity contribution in [1.29, 1.82) is 0 Å². The standard InChI is InChI=1S/C24H24N4O2/c1-30-22-12-21(25-16-26-22)27-13-19-14-28(24(29)18-10-6-3-7-11-18)23(20(19)15-27)17-8-4-2-5-9-17/h2-12,16,19-20,23H,13-15H2,1H3/t19-,20-,23+/m0/s1. The van der Waals surface area contributed by atoms with Crippen LogP contribution in [0.3, 0.4) is 0 Å². The van der Waals surface area contributed by atoms with E-state index < -0.39 is 0 Å². The zero-order chi connectivity index (χ0) is 20.5. The number of likely N-dealkylation sites (tertiary alicyclic amines) is 1. The van der Waals surface area contributed by atoms with Gasteiger partial charge in [0.15, 0.2) is 0 Å². The number of carbonyl (C=O) groups is 1. The lowest BCUT2D eigenvalue weighted by Crippen LogP contribution is -2.36. The van der Waals surface area contributed by atoms with Gasteiger partial charge in [-0.25, -0.2) is 9.97 Å². The average molecular weight is 400 g/mol. The second-order valence-corrected chi connectivity index (χ2v) is 7.93. The van der Waals surface area contributed by atoms with Crippen LogP contribution in [-0.2, 0) is 0 Å². The molecule has 6 heteroatoms. The monoisotopic (exact) mass is 400 g/mol. The first-order chi connectivity index (χ1) is 14.7. The normalized spacial score (nSPS) is 22.8. The molecule has 0 aliphatic carbocycles. The van der Waals surface area contributed by atoms with Crippen molar-refractivity contribution in [2.45, 2.75) is 6.04 Å². The molecular formula is C24H24N4O2. The summed E-state index contributed by atoms with van der Waals surface area (Å²) in [6, 6.07) is 21.9. The summed E-state index contributed by atoms with van der Waals surface area (Å²) in [7, 11) is 1.61. The summed E-state index contributed by atoms with van der Waals surface area (Å²) in [5, 5.41) is 0. The van der Waals surface area contributed by atoms with Gasteiger partial charge in [0.05, 0.1) is 13.2 Å². The molecule has 2 saturated heterocycles. The molecule has 2 aliphatic heterocycles.